The topological polar surface area (TPSA) is 44.1 Å². The first-order valence-corrected chi connectivity index (χ1v) is 5.90. The second-order valence-corrected chi connectivity index (χ2v) is 4.38. The summed E-state index contributed by atoms with van der Waals surface area (Å²) in [4.78, 5) is 11.7. The Kier molecular flexibility index (Phi) is 3.99. The van der Waals surface area contributed by atoms with Crippen molar-refractivity contribution >= 4 is 17.4 Å². The number of nitrogens with zero attached hydrogens (tertiary/aromatic N) is 2. The number of hydrogen-bond donors (Lipinski definition) is 0. The van der Waals surface area contributed by atoms with Gasteiger partial charge in [0.1, 0.15) is 12.4 Å². The number of aryl methyl sites for hydroxylation is 1. The van der Waals surface area contributed by atoms with Gasteiger partial charge in [0.2, 0.25) is 0 Å². The predicted molar refractivity (Wildman–Crippen MR) is 68.9 cm³/mol. The average molecular weight is 265 g/mol. The first-order chi connectivity index (χ1) is 8.63. The summed E-state index contributed by atoms with van der Waals surface area (Å²) in [6.45, 7) is 0.0399. The molecule has 0 radical (unpaired) electrons. The number of aromatic nitrogens is 2. The van der Waals surface area contributed by atoms with E-state index < -0.39 is 0 Å². The summed E-state index contributed by atoms with van der Waals surface area (Å²) < 4.78 is 7.03. The Balaban J connectivity index is 1.83. The van der Waals surface area contributed by atoms with Crippen LogP contribution < -0.4 is 4.74 Å². The van der Waals surface area contributed by atoms with Crippen LogP contribution in [0.1, 0.15) is 5.69 Å². The van der Waals surface area contributed by atoms with Crippen molar-refractivity contribution in [1.82, 2.24) is 9.78 Å². The molecule has 1 heterocycles. The van der Waals surface area contributed by atoms with E-state index in [4.69, 9.17) is 16.3 Å². The fourth-order valence-electron chi connectivity index (χ4n) is 1.51. The van der Waals surface area contributed by atoms with Gasteiger partial charge in [0.25, 0.3) is 0 Å². The van der Waals surface area contributed by atoms with Gasteiger partial charge in [-0.3, -0.25) is 9.48 Å². The van der Waals surface area contributed by atoms with Crippen molar-refractivity contribution < 1.29 is 9.53 Å². The van der Waals surface area contributed by atoms with Crippen molar-refractivity contribution in [2.45, 2.75) is 6.42 Å². The van der Waals surface area contributed by atoms with Crippen molar-refractivity contribution in [1.29, 1.82) is 0 Å². The molecule has 2 aromatic rings. The van der Waals surface area contributed by atoms with Crippen LogP contribution in [0.5, 0.6) is 5.75 Å². The first-order valence-electron chi connectivity index (χ1n) is 5.52. The second kappa shape index (κ2) is 5.69. The molecule has 0 N–H and O–H groups in total. The molecule has 0 aliphatic heterocycles. The number of ketones is 1. The maximum atomic E-state index is 11.7. The number of Topliss-reactive ketones (excluding diaryl/α,β-unsaturated/α-hetero) is 1. The molecule has 0 saturated heterocycles. The van der Waals surface area contributed by atoms with Crippen LogP contribution in [-0.2, 0) is 18.3 Å². The van der Waals surface area contributed by atoms with Crippen LogP contribution >= 0.6 is 11.6 Å². The molecule has 2 rings (SSSR count). The highest BCUT2D eigenvalue weighted by atomic mass is 35.5. The molecule has 4 nitrogen and oxygen atoms in total. The standard InChI is InChI=1S/C13H13ClN2O2/c1-16-7-6-11(15-16)8-12(17)9-18-13-4-2-10(14)3-5-13/h2-7H,8-9H2,1H3. The minimum absolute atomic E-state index is 0.0105. The number of carbonyl (C=O) groups is 1. The molecule has 0 spiro atoms. The smallest absolute Gasteiger partial charge is 0.176 e. The number of benzene rings is 1. The predicted octanol–water partition coefficient (Wildman–Crippen LogP) is 2.26. The zero-order chi connectivity index (χ0) is 13.0. The van der Waals surface area contributed by atoms with Crippen LogP contribution in [0.2, 0.25) is 5.02 Å². The Bertz CT molecular complexity index is 534. The Morgan fingerprint density at radius 3 is 2.67 bits per heavy atom. The van der Waals surface area contributed by atoms with Crippen LogP contribution in [0.25, 0.3) is 0 Å². The van der Waals surface area contributed by atoms with Gasteiger partial charge in [-0.15, -0.1) is 0 Å². The van der Waals surface area contributed by atoms with E-state index in [1.807, 2.05) is 19.3 Å². The lowest BCUT2D eigenvalue weighted by Gasteiger charge is -2.04. The Hall–Kier alpha value is -1.81. The van der Waals surface area contributed by atoms with E-state index in [0.717, 1.165) is 5.69 Å². The highest BCUT2D eigenvalue weighted by molar-refractivity contribution is 6.30. The number of rotatable bonds is 5. The molecule has 94 valence electrons. The molecule has 0 saturated carbocycles. The van der Waals surface area contributed by atoms with Crippen molar-refractivity contribution in [3.05, 3.63) is 47.2 Å². The number of halogens is 1. The van der Waals surface area contributed by atoms with Crippen molar-refractivity contribution in [3.8, 4) is 5.75 Å². The minimum Gasteiger partial charge on any atom is -0.486 e. The first kappa shape index (κ1) is 12.6. The molecular weight excluding hydrogens is 252 g/mol. The van der Waals surface area contributed by atoms with Crippen LogP contribution in [0, 0.1) is 0 Å². The maximum absolute atomic E-state index is 11.7. The lowest BCUT2D eigenvalue weighted by molar-refractivity contribution is -0.120. The van der Waals surface area contributed by atoms with Gasteiger partial charge in [-0.2, -0.15) is 5.10 Å². The lowest BCUT2D eigenvalue weighted by atomic mass is 10.2. The fraction of sp³-hybridized carbons (Fsp3) is 0.231. The molecule has 5 heteroatoms. The van der Waals surface area contributed by atoms with Crippen LogP contribution in [0.3, 0.4) is 0 Å². The Labute approximate surface area is 110 Å². The third-order valence-corrected chi connectivity index (χ3v) is 2.61. The van der Waals surface area contributed by atoms with Gasteiger partial charge in [0.05, 0.1) is 12.1 Å². The van der Waals surface area contributed by atoms with Gasteiger partial charge in [0.15, 0.2) is 5.78 Å². The summed E-state index contributed by atoms with van der Waals surface area (Å²) in [5, 5.41) is 4.78. The molecule has 18 heavy (non-hydrogen) atoms. The lowest BCUT2D eigenvalue weighted by Crippen LogP contribution is -2.14. The van der Waals surface area contributed by atoms with Gasteiger partial charge in [-0.05, 0) is 30.3 Å². The molecule has 1 aromatic carbocycles. The van der Waals surface area contributed by atoms with E-state index in [0.29, 0.717) is 10.8 Å². The number of ether oxygens (including phenoxy) is 1. The highest BCUT2D eigenvalue weighted by Gasteiger charge is 2.07. The molecule has 0 amide bonds. The van der Waals surface area contributed by atoms with Crippen LogP contribution in [0.15, 0.2) is 36.5 Å². The van der Waals surface area contributed by atoms with Crippen molar-refractivity contribution in [2.24, 2.45) is 7.05 Å². The molecule has 0 unspecified atom stereocenters. The quantitative estimate of drug-likeness (QED) is 0.832. The van der Waals surface area contributed by atoms with Crippen molar-refractivity contribution in [3.63, 3.8) is 0 Å². The monoisotopic (exact) mass is 264 g/mol. The Morgan fingerprint density at radius 1 is 1.33 bits per heavy atom. The zero-order valence-corrected chi connectivity index (χ0v) is 10.7. The molecular formula is C13H13ClN2O2. The minimum atomic E-state index is -0.0105. The number of hydrogen-bond acceptors (Lipinski definition) is 3. The highest BCUT2D eigenvalue weighted by Crippen LogP contribution is 2.15. The average Bonchev–Trinajstić information content (AvgIpc) is 2.74. The molecule has 0 atom stereocenters. The zero-order valence-electron chi connectivity index (χ0n) is 9.97. The largest absolute Gasteiger partial charge is 0.486 e. The van der Waals surface area contributed by atoms with E-state index in [9.17, 15) is 4.79 Å². The summed E-state index contributed by atoms with van der Waals surface area (Å²) in [7, 11) is 1.82. The van der Waals surface area contributed by atoms with Gasteiger partial charge < -0.3 is 4.74 Å². The van der Waals surface area contributed by atoms with Crippen molar-refractivity contribution in [2.75, 3.05) is 6.61 Å². The van der Waals surface area contributed by atoms with Gasteiger partial charge >= 0.3 is 0 Å². The van der Waals surface area contributed by atoms with Crippen LogP contribution in [0.4, 0.5) is 0 Å². The second-order valence-electron chi connectivity index (χ2n) is 3.94. The number of carbonyl (C=O) groups excluding carboxylic acids is 1. The van der Waals surface area contributed by atoms with E-state index in [2.05, 4.69) is 5.10 Å². The van der Waals surface area contributed by atoms with E-state index in [-0.39, 0.29) is 18.8 Å². The van der Waals surface area contributed by atoms with Crippen LogP contribution in [-0.4, -0.2) is 22.2 Å². The molecule has 0 aliphatic rings. The van der Waals surface area contributed by atoms with Gasteiger partial charge in [0, 0.05) is 18.3 Å². The summed E-state index contributed by atoms with van der Waals surface area (Å²) >= 11 is 5.75. The van der Waals surface area contributed by atoms with E-state index >= 15 is 0 Å². The fourth-order valence-corrected chi connectivity index (χ4v) is 1.63. The molecule has 0 fully saturated rings. The summed E-state index contributed by atoms with van der Waals surface area (Å²) in [6, 6.07) is 8.73. The maximum Gasteiger partial charge on any atom is 0.176 e. The van der Waals surface area contributed by atoms with Gasteiger partial charge in [-0.25, -0.2) is 0 Å². The van der Waals surface area contributed by atoms with Gasteiger partial charge in [-0.1, -0.05) is 11.6 Å². The van der Waals surface area contributed by atoms with E-state index in [1.165, 1.54) is 0 Å². The molecule has 0 aliphatic carbocycles. The normalized spacial score (nSPS) is 10.3. The third kappa shape index (κ3) is 3.60. The summed E-state index contributed by atoms with van der Waals surface area (Å²) in [6.07, 6.45) is 2.09. The van der Waals surface area contributed by atoms with E-state index in [1.54, 1.807) is 28.9 Å². The molecule has 1 aromatic heterocycles. The Morgan fingerprint density at radius 2 is 2.06 bits per heavy atom. The summed E-state index contributed by atoms with van der Waals surface area (Å²) in [5.41, 5.74) is 0.752. The SMILES string of the molecule is Cn1ccc(CC(=O)COc2ccc(Cl)cc2)n1. The third-order valence-electron chi connectivity index (χ3n) is 2.36. The summed E-state index contributed by atoms with van der Waals surface area (Å²) in [5.74, 6) is 0.623. The molecule has 0 bridgehead atoms.